The van der Waals surface area contributed by atoms with E-state index in [9.17, 15) is 9.59 Å². The molecule has 0 saturated carbocycles. The predicted octanol–water partition coefficient (Wildman–Crippen LogP) is -0.0125. The van der Waals surface area contributed by atoms with E-state index in [2.05, 4.69) is 10.4 Å². The van der Waals surface area contributed by atoms with Crippen LogP contribution in [0.15, 0.2) is 29.4 Å². The molecule has 18 heavy (non-hydrogen) atoms. The molecule has 94 valence electrons. The Kier molecular flexibility index (Phi) is 3.57. The highest BCUT2D eigenvalue weighted by molar-refractivity contribution is 5.93. The van der Waals surface area contributed by atoms with Gasteiger partial charge >= 0.3 is 0 Å². The first kappa shape index (κ1) is 12.1. The Balaban J connectivity index is 2.09. The Morgan fingerprint density at radius 2 is 2.28 bits per heavy atom. The highest BCUT2D eigenvalue weighted by Crippen LogP contribution is 2.11. The zero-order valence-electron chi connectivity index (χ0n) is 9.92. The first-order valence-electron chi connectivity index (χ1n) is 5.44. The number of hydrogen-bond donors (Lipinski definition) is 1. The van der Waals surface area contributed by atoms with Crippen molar-refractivity contribution in [3.63, 3.8) is 0 Å². The second-order valence-corrected chi connectivity index (χ2v) is 3.75. The molecular formula is C12H13N3O3. The summed E-state index contributed by atoms with van der Waals surface area (Å²) in [5, 5.41) is 7.61. The zero-order chi connectivity index (χ0) is 13.0. The second kappa shape index (κ2) is 5.31. The summed E-state index contributed by atoms with van der Waals surface area (Å²) in [5.41, 5.74) is 0.799. The van der Waals surface area contributed by atoms with E-state index in [4.69, 9.17) is 4.74 Å². The maximum atomic E-state index is 11.5. The van der Waals surface area contributed by atoms with Gasteiger partial charge in [-0.3, -0.25) is 9.59 Å². The molecule has 1 fully saturated rings. The van der Waals surface area contributed by atoms with Crippen LogP contribution in [0.25, 0.3) is 0 Å². The minimum absolute atomic E-state index is 0.00567. The summed E-state index contributed by atoms with van der Waals surface area (Å²) >= 11 is 0. The Hall–Kier alpha value is -2.37. The van der Waals surface area contributed by atoms with E-state index < -0.39 is 0 Å². The van der Waals surface area contributed by atoms with Gasteiger partial charge in [0.05, 0.1) is 19.9 Å². The molecule has 2 amide bonds. The van der Waals surface area contributed by atoms with Gasteiger partial charge in [0.2, 0.25) is 5.91 Å². The molecule has 0 spiro atoms. The smallest absolute Gasteiger partial charge is 0.262 e. The van der Waals surface area contributed by atoms with Crippen molar-refractivity contribution in [2.75, 3.05) is 20.2 Å². The molecule has 0 aliphatic carbocycles. The van der Waals surface area contributed by atoms with Gasteiger partial charge in [0.15, 0.2) is 0 Å². The first-order valence-corrected chi connectivity index (χ1v) is 5.44. The molecular weight excluding hydrogens is 234 g/mol. The number of hydrazone groups is 1. The summed E-state index contributed by atoms with van der Waals surface area (Å²) in [7, 11) is 1.58. The summed E-state index contributed by atoms with van der Waals surface area (Å²) in [4.78, 5) is 22.6. The Morgan fingerprint density at radius 1 is 1.44 bits per heavy atom. The number of carbonyl (C=O) groups excluding carboxylic acids is 2. The van der Waals surface area contributed by atoms with Crippen LogP contribution in [0.2, 0.25) is 0 Å². The molecule has 1 saturated heterocycles. The van der Waals surface area contributed by atoms with Gasteiger partial charge in [-0.05, 0) is 17.7 Å². The van der Waals surface area contributed by atoms with Crippen molar-refractivity contribution >= 4 is 18.0 Å². The fourth-order valence-corrected chi connectivity index (χ4v) is 1.51. The Labute approximate surface area is 104 Å². The molecule has 2 rings (SSSR count). The van der Waals surface area contributed by atoms with Gasteiger partial charge in [-0.1, -0.05) is 12.1 Å². The van der Waals surface area contributed by atoms with Crippen LogP contribution in [0.1, 0.15) is 5.56 Å². The molecule has 0 bridgehead atoms. The van der Waals surface area contributed by atoms with Crippen molar-refractivity contribution < 1.29 is 14.3 Å². The van der Waals surface area contributed by atoms with Crippen LogP contribution in [0, 0.1) is 0 Å². The number of nitrogens with one attached hydrogen (secondary N) is 1. The molecule has 1 aromatic carbocycles. The van der Waals surface area contributed by atoms with Crippen LogP contribution in [0.4, 0.5) is 0 Å². The number of benzene rings is 1. The van der Waals surface area contributed by atoms with Gasteiger partial charge in [-0.15, -0.1) is 0 Å². The van der Waals surface area contributed by atoms with E-state index in [1.54, 1.807) is 13.2 Å². The fraction of sp³-hybridized carbons (Fsp3) is 0.250. The van der Waals surface area contributed by atoms with E-state index >= 15 is 0 Å². The Bertz CT molecular complexity index is 499. The number of methoxy groups -OCH3 is 1. The van der Waals surface area contributed by atoms with Crippen LogP contribution < -0.4 is 10.1 Å². The van der Waals surface area contributed by atoms with Crippen LogP contribution in [0.5, 0.6) is 5.75 Å². The molecule has 1 heterocycles. The van der Waals surface area contributed by atoms with E-state index in [-0.39, 0.29) is 24.9 Å². The van der Waals surface area contributed by atoms with E-state index in [1.807, 2.05) is 18.2 Å². The number of nitrogens with zero attached hydrogens (tertiary/aromatic N) is 2. The van der Waals surface area contributed by atoms with E-state index in [1.165, 1.54) is 6.21 Å². The van der Waals surface area contributed by atoms with Gasteiger partial charge in [-0.2, -0.15) is 5.10 Å². The standard InChI is InChI=1S/C12H13N3O3/c1-18-10-4-2-3-9(5-10)6-14-15-8-11(16)13-7-12(15)17/h2-6H,7-8H2,1H3,(H,13,16). The van der Waals surface area contributed by atoms with Crippen LogP contribution in [-0.2, 0) is 9.59 Å². The topological polar surface area (TPSA) is 71.0 Å². The van der Waals surface area contributed by atoms with Crippen LogP contribution in [-0.4, -0.2) is 43.2 Å². The molecule has 1 aromatic rings. The minimum atomic E-state index is -0.228. The third-order valence-corrected chi connectivity index (χ3v) is 2.46. The van der Waals surface area contributed by atoms with Crippen molar-refractivity contribution in [1.82, 2.24) is 10.3 Å². The lowest BCUT2D eigenvalue weighted by Crippen LogP contribution is -2.49. The van der Waals surface area contributed by atoms with Gasteiger partial charge in [0, 0.05) is 0 Å². The van der Waals surface area contributed by atoms with Crippen molar-refractivity contribution in [3.05, 3.63) is 29.8 Å². The highest BCUT2D eigenvalue weighted by atomic mass is 16.5. The van der Waals surface area contributed by atoms with E-state index in [0.29, 0.717) is 5.75 Å². The molecule has 0 atom stereocenters. The van der Waals surface area contributed by atoms with Gasteiger partial charge in [-0.25, -0.2) is 5.01 Å². The normalized spacial score (nSPS) is 15.9. The molecule has 1 aliphatic rings. The molecule has 0 aromatic heterocycles. The lowest BCUT2D eigenvalue weighted by atomic mass is 10.2. The quantitative estimate of drug-likeness (QED) is 0.763. The summed E-state index contributed by atoms with van der Waals surface area (Å²) in [6.07, 6.45) is 1.53. The lowest BCUT2D eigenvalue weighted by Gasteiger charge is -2.21. The third-order valence-electron chi connectivity index (χ3n) is 2.46. The number of amides is 2. The summed E-state index contributed by atoms with van der Waals surface area (Å²) in [5.74, 6) is 0.271. The largest absolute Gasteiger partial charge is 0.497 e. The van der Waals surface area contributed by atoms with Gasteiger partial charge in [0.1, 0.15) is 12.3 Å². The first-order chi connectivity index (χ1) is 8.69. The molecule has 0 unspecified atom stereocenters. The number of rotatable bonds is 3. The average molecular weight is 247 g/mol. The highest BCUT2D eigenvalue weighted by Gasteiger charge is 2.21. The minimum Gasteiger partial charge on any atom is -0.497 e. The van der Waals surface area contributed by atoms with Gasteiger partial charge in [0.25, 0.3) is 5.91 Å². The van der Waals surface area contributed by atoms with Crippen LogP contribution in [0.3, 0.4) is 0 Å². The fourth-order valence-electron chi connectivity index (χ4n) is 1.51. The Morgan fingerprint density at radius 3 is 3.06 bits per heavy atom. The second-order valence-electron chi connectivity index (χ2n) is 3.75. The number of piperazine rings is 1. The van der Waals surface area contributed by atoms with Crippen molar-refractivity contribution in [3.8, 4) is 5.75 Å². The van der Waals surface area contributed by atoms with Gasteiger partial charge < -0.3 is 10.1 Å². The third kappa shape index (κ3) is 2.85. The summed E-state index contributed by atoms with van der Waals surface area (Å²) < 4.78 is 5.08. The van der Waals surface area contributed by atoms with Crippen molar-refractivity contribution in [1.29, 1.82) is 0 Å². The summed E-state index contributed by atoms with van der Waals surface area (Å²) in [6, 6.07) is 7.26. The van der Waals surface area contributed by atoms with Crippen molar-refractivity contribution in [2.24, 2.45) is 5.10 Å². The van der Waals surface area contributed by atoms with Crippen LogP contribution >= 0.6 is 0 Å². The number of hydrogen-bond acceptors (Lipinski definition) is 4. The monoisotopic (exact) mass is 247 g/mol. The maximum Gasteiger partial charge on any atom is 0.262 e. The van der Waals surface area contributed by atoms with E-state index in [0.717, 1.165) is 10.6 Å². The lowest BCUT2D eigenvalue weighted by molar-refractivity contribution is -0.140. The average Bonchev–Trinajstić information content (AvgIpc) is 2.40. The predicted molar refractivity (Wildman–Crippen MR) is 65.3 cm³/mol. The number of ether oxygens (including phenoxy) is 1. The molecule has 0 radical (unpaired) electrons. The molecule has 6 heteroatoms. The zero-order valence-corrected chi connectivity index (χ0v) is 9.92. The SMILES string of the molecule is COc1cccc(C=NN2CC(=O)NCC2=O)c1. The maximum absolute atomic E-state index is 11.5. The summed E-state index contributed by atoms with van der Waals surface area (Å²) in [6.45, 7) is -0.0480. The molecule has 1 N–H and O–H groups in total. The molecule has 6 nitrogen and oxygen atoms in total. The molecule has 1 aliphatic heterocycles. The van der Waals surface area contributed by atoms with Crippen molar-refractivity contribution in [2.45, 2.75) is 0 Å². The number of carbonyl (C=O) groups is 2.